The zero-order valence-corrected chi connectivity index (χ0v) is 21.6. The van der Waals surface area contributed by atoms with Crippen LogP contribution in [-0.4, -0.2) is 38.3 Å². The van der Waals surface area contributed by atoms with E-state index in [1.54, 1.807) is 32.9 Å². The molecule has 1 aromatic rings. The summed E-state index contributed by atoms with van der Waals surface area (Å²) in [6.07, 6.45) is 4.67. The highest BCUT2D eigenvalue weighted by atomic mass is 32.2. The van der Waals surface area contributed by atoms with Crippen LogP contribution in [0, 0.1) is 10.8 Å². The fourth-order valence-electron chi connectivity index (χ4n) is 5.07. The van der Waals surface area contributed by atoms with Gasteiger partial charge in [-0.2, -0.15) is 0 Å². The number of sulfone groups is 1. The first-order valence-corrected chi connectivity index (χ1v) is 13.7. The molecule has 4 rings (SSSR count). The molecule has 1 aromatic carbocycles. The van der Waals surface area contributed by atoms with Gasteiger partial charge < -0.3 is 15.2 Å². The van der Waals surface area contributed by atoms with Gasteiger partial charge in [0.25, 0.3) is 0 Å². The first-order valence-electron chi connectivity index (χ1n) is 12.0. The maximum atomic E-state index is 13.2. The van der Waals surface area contributed by atoms with Crippen molar-refractivity contribution in [2.75, 3.05) is 12.4 Å². The second kappa shape index (κ2) is 10.3. The molecule has 0 aliphatic heterocycles. The molecule has 0 atom stereocenters. The smallest absolute Gasteiger partial charge is 0.306 e. The highest BCUT2D eigenvalue weighted by Crippen LogP contribution is 2.57. The number of rotatable bonds is 10. The number of hydrogen-bond donors (Lipinski definition) is 1. The van der Waals surface area contributed by atoms with E-state index < -0.39 is 26.8 Å². The Bertz CT molecular complexity index is 1050. The number of halogens is 1. The van der Waals surface area contributed by atoms with E-state index in [0.717, 1.165) is 0 Å². The summed E-state index contributed by atoms with van der Waals surface area (Å²) in [5, 5.41) is 0. The quantitative estimate of drug-likeness (QED) is 0.460. The van der Waals surface area contributed by atoms with Crippen LogP contribution in [0.25, 0.3) is 0 Å². The molecule has 0 aromatic heterocycles. The summed E-state index contributed by atoms with van der Waals surface area (Å²) in [6.45, 7) is 5.24. The number of primary amides is 1. The molecule has 2 N–H and O–H groups in total. The average molecular weight is 510 g/mol. The first-order chi connectivity index (χ1) is 16.3. The Morgan fingerprint density at radius 3 is 2.09 bits per heavy atom. The van der Waals surface area contributed by atoms with E-state index in [1.165, 1.54) is 12.1 Å². The third kappa shape index (κ3) is 6.84. The van der Waals surface area contributed by atoms with E-state index in [0.29, 0.717) is 56.2 Å². The van der Waals surface area contributed by atoms with Gasteiger partial charge in [-0.25, -0.2) is 12.8 Å². The largest absolute Gasteiger partial charge is 0.489 e. The van der Waals surface area contributed by atoms with Crippen LogP contribution in [0.15, 0.2) is 41.1 Å². The molecule has 0 radical (unpaired) electrons. The molecular formula is C26H36FNO6S. The lowest BCUT2D eigenvalue weighted by Gasteiger charge is -2.51. The lowest BCUT2D eigenvalue weighted by atomic mass is 9.54. The Morgan fingerprint density at radius 1 is 1.03 bits per heavy atom. The van der Waals surface area contributed by atoms with Crippen molar-refractivity contribution in [3.05, 3.63) is 36.2 Å². The van der Waals surface area contributed by atoms with Crippen LogP contribution in [0.1, 0.15) is 72.1 Å². The molecule has 3 saturated carbocycles. The van der Waals surface area contributed by atoms with Crippen molar-refractivity contribution in [2.45, 2.75) is 82.6 Å². The first kappa shape index (κ1) is 27.2. The van der Waals surface area contributed by atoms with E-state index in [9.17, 15) is 22.4 Å². The summed E-state index contributed by atoms with van der Waals surface area (Å²) < 4.78 is 50.3. The molecule has 3 aliphatic carbocycles. The van der Waals surface area contributed by atoms with Gasteiger partial charge in [-0.15, -0.1) is 0 Å². The molecule has 35 heavy (non-hydrogen) atoms. The molecule has 7 nitrogen and oxygen atoms in total. The summed E-state index contributed by atoms with van der Waals surface area (Å²) in [4.78, 5) is 23.9. The molecule has 0 saturated heterocycles. The molecule has 0 spiro atoms. The van der Waals surface area contributed by atoms with E-state index in [-0.39, 0.29) is 41.4 Å². The molecule has 9 heteroatoms. The van der Waals surface area contributed by atoms with E-state index in [2.05, 4.69) is 0 Å². The van der Waals surface area contributed by atoms with E-state index in [4.69, 9.17) is 15.2 Å². The van der Waals surface area contributed by atoms with Gasteiger partial charge >= 0.3 is 5.97 Å². The predicted octanol–water partition coefficient (Wildman–Crippen LogP) is 4.64. The van der Waals surface area contributed by atoms with Gasteiger partial charge in [0.2, 0.25) is 5.91 Å². The predicted molar refractivity (Wildman–Crippen MR) is 130 cm³/mol. The van der Waals surface area contributed by atoms with Gasteiger partial charge in [0.05, 0.1) is 17.0 Å². The number of carbonyl (C=O) groups excluding carboxylic acids is 2. The summed E-state index contributed by atoms with van der Waals surface area (Å²) in [7, 11) is -3.53. The number of nitrogens with two attached hydrogens (primary N) is 1. The van der Waals surface area contributed by atoms with E-state index in [1.807, 2.05) is 0 Å². The third-order valence-corrected chi connectivity index (χ3v) is 9.24. The van der Waals surface area contributed by atoms with Crippen LogP contribution in [0.2, 0.25) is 0 Å². The minimum absolute atomic E-state index is 0.0376. The maximum absolute atomic E-state index is 13.2. The topological polar surface area (TPSA) is 113 Å². The number of ether oxygens (including phenoxy) is 2. The van der Waals surface area contributed by atoms with Gasteiger partial charge in [-0.1, -0.05) is 0 Å². The van der Waals surface area contributed by atoms with Crippen LogP contribution in [0.5, 0.6) is 5.75 Å². The number of hydrogen-bond acceptors (Lipinski definition) is 6. The van der Waals surface area contributed by atoms with Crippen LogP contribution >= 0.6 is 0 Å². The van der Waals surface area contributed by atoms with Gasteiger partial charge in [-0.3, -0.25) is 9.59 Å². The minimum atomic E-state index is -3.53. The van der Waals surface area contributed by atoms with Crippen molar-refractivity contribution in [3.63, 3.8) is 0 Å². The molecule has 0 unspecified atom stereocenters. The number of esters is 1. The van der Waals surface area contributed by atoms with Crippen molar-refractivity contribution in [3.8, 4) is 5.75 Å². The second-order valence-corrected chi connectivity index (χ2v) is 13.0. The highest BCUT2D eigenvalue weighted by molar-refractivity contribution is 7.91. The number of benzene rings is 1. The molecular weight excluding hydrogens is 473 g/mol. The van der Waals surface area contributed by atoms with Gasteiger partial charge in [0.15, 0.2) is 9.84 Å². The van der Waals surface area contributed by atoms with Crippen LogP contribution < -0.4 is 10.5 Å². The Morgan fingerprint density at radius 2 is 1.60 bits per heavy atom. The van der Waals surface area contributed by atoms with Crippen LogP contribution in [0.3, 0.4) is 0 Å². The van der Waals surface area contributed by atoms with Crippen molar-refractivity contribution >= 4 is 21.7 Å². The summed E-state index contributed by atoms with van der Waals surface area (Å²) in [5.41, 5.74) is 4.54. The molecule has 3 fully saturated rings. The zero-order chi connectivity index (χ0) is 25.9. The maximum Gasteiger partial charge on any atom is 0.306 e. The molecule has 0 heterocycles. The standard InChI is InChI=1S/C26H36FNO6S/c1-24(2,3)34-22(29)9-4-19(16-27)17-33-20-5-7-21(8-6-20)35(31,32)18-25-10-13-26(14-11-25,15-12-25)23(28)30/h5-8,16H,4,9-15,17-18H2,1-3H3,(H2,28,30)/b19-16+. The lowest BCUT2D eigenvalue weighted by Crippen LogP contribution is -2.50. The Balaban J connectivity index is 1.54. The monoisotopic (exact) mass is 509 g/mol. The van der Waals surface area contributed by atoms with Crippen LogP contribution in [0.4, 0.5) is 4.39 Å². The molecule has 1 amide bonds. The fraction of sp³-hybridized carbons (Fsp3) is 0.615. The number of carbonyl (C=O) groups is 2. The minimum Gasteiger partial charge on any atom is -0.489 e. The average Bonchev–Trinajstić information content (AvgIpc) is 2.79. The summed E-state index contributed by atoms with van der Waals surface area (Å²) in [6, 6.07) is 6.10. The highest BCUT2D eigenvalue weighted by Gasteiger charge is 2.52. The van der Waals surface area contributed by atoms with Crippen molar-refractivity contribution < 1.29 is 31.9 Å². The Labute approximate surface area is 207 Å². The molecule has 194 valence electrons. The number of amides is 1. The molecule has 2 bridgehead atoms. The summed E-state index contributed by atoms with van der Waals surface area (Å²) >= 11 is 0. The fourth-order valence-corrected chi connectivity index (χ4v) is 7.03. The molecule has 3 aliphatic rings. The SMILES string of the molecule is CC(C)(C)OC(=O)CC/C(=C\F)COc1ccc(S(=O)(=O)CC23CCC(C(N)=O)(CC2)CC3)cc1. The van der Waals surface area contributed by atoms with Crippen molar-refractivity contribution in [1.29, 1.82) is 0 Å². The van der Waals surface area contributed by atoms with Gasteiger partial charge in [0.1, 0.15) is 18.0 Å². The number of fused-ring (bicyclic) bond motifs is 3. The van der Waals surface area contributed by atoms with E-state index >= 15 is 0 Å². The van der Waals surface area contributed by atoms with Gasteiger partial charge in [-0.05, 0) is 101 Å². The van der Waals surface area contributed by atoms with Gasteiger partial charge in [0, 0.05) is 11.8 Å². The Hall–Kier alpha value is -2.42. The summed E-state index contributed by atoms with van der Waals surface area (Å²) in [5.74, 6) is -0.226. The second-order valence-electron chi connectivity index (χ2n) is 11.0. The Kier molecular flexibility index (Phi) is 7.99. The zero-order valence-electron chi connectivity index (χ0n) is 20.8. The third-order valence-electron chi connectivity index (χ3n) is 7.25. The van der Waals surface area contributed by atoms with Crippen molar-refractivity contribution in [2.24, 2.45) is 16.6 Å². The normalized spacial score (nSPS) is 24.7. The lowest BCUT2D eigenvalue weighted by molar-refractivity contribution is -0.154. The van der Waals surface area contributed by atoms with Crippen LogP contribution in [-0.2, 0) is 24.2 Å². The van der Waals surface area contributed by atoms with Crippen molar-refractivity contribution in [1.82, 2.24) is 0 Å².